The summed E-state index contributed by atoms with van der Waals surface area (Å²) >= 11 is 0. The molecule has 1 atom stereocenters. The van der Waals surface area contributed by atoms with Gasteiger partial charge in [-0.3, -0.25) is 0 Å². The third-order valence-corrected chi connectivity index (χ3v) is 4.86. The van der Waals surface area contributed by atoms with Crippen molar-refractivity contribution in [3.05, 3.63) is 12.2 Å². The van der Waals surface area contributed by atoms with Gasteiger partial charge in [-0.15, -0.1) is 0 Å². The van der Waals surface area contributed by atoms with Gasteiger partial charge in [-0.05, 0) is 19.8 Å². The Morgan fingerprint density at radius 2 is 1.14 bits per heavy atom. The number of esters is 2. The Morgan fingerprint density at radius 3 is 1.64 bits per heavy atom. The molecule has 0 amide bonds. The van der Waals surface area contributed by atoms with Gasteiger partial charge in [0.2, 0.25) is 0 Å². The van der Waals surface area contributed by atoms with Crippen LogP contribution in [0.15, 0.2) is 12.2 Å². The van der Waals surface area contributed by atoms with Crippen LogP contribution in [0.5, 0.6) is 0 Å². The number of carbonyl (C=O) groups is 2. The predicted molar refractivity (Wildman–Crippen MR) is 116 cm³/mol. The molecule has 0 radical (unpaired) electrons. The predicted octanol–water partition coefficient (Wildman–Crippen LogP) is 6.91. The lowest BCUT2D eigenvalue weighted by Crippen LogP contribution is -2.13. The van der Waals surface area contributed by atoms with Crippen molar-refractivity contribution in [1.82, 2.24) is 0 Å². The molecule has 1 unspecified atom stereocenters. The molecule has 4 nitrogen and oxygen atoms in total. The normalized spacial score (nSPS) is 12.2. The molecular weight excluding hydrogens is 352 g/mol. The van der Waals surface area contributed by atoms with Gasteiger partial charge in [-0.1, -0.05) is 97.3 Å². The molecule has 0 saturated heterocycles. The minimum Gasteiger partial charge on any atom is -0.463 e. The number of hydrogen-bond donors (Lipinski definition) is 0. The third-order valence-electron chi connectivity index (χ3n) is 4.86. The van der Waals surface area contributed by atoms with Gasteiger partial charge >= 0.3 is 11.9 Å². The quantitative estimate of drug-likeness (QED) is 0.135. The van der Waals surface area contributed by atoms with E-state index in [-0.39, 0.29) is 6.10 Å². The van der Waals surface area contributed by atoms with E-state index in [0.29, 0.717) is 6.61 Å². The monoisotopic (exact) mass is 396 g/mol. The zero-order valence-electron chi connectivity index (χ0n) is 18.7. The summed E-state index contributed by atoms with van der Waals surface area (Å²) in [6, 6.07) is 0. The molecule has 0 saturated carbocycles. The SMILES string of the molecule is CCCCCCCCCCCCCCCOC(=O)/C=C/C(=O)OC(C)CCC. The second-order valence-corrected chi connectivity index (χ2v) is 7.78. The van der Waals surface area contributed by atoms with E-state index in [1.54, 1.807) is 0 Å². The Hall–Kier alpha value is -1.32. The standard InChI is InChI=1S/C24H44O4/c1-4-6-7-8-9-10-11-12-13-14-15-16-17-21-27-23(25)19-20-24(26)28-22(3)18-5-2/h19-20,22H,4-18,21H2,1-3H3/b20-19+. The number of ether oxygens (including phenoxy) is 2. The maximum Gasteiger partial charge on any atom is 0.331 e. The lowest BCUT2D eigenvalue weighted by atomic mass is 10.0. The first-order valence-electron chi connectivity index (χ1n) is 11.7. The van der Waals surface area contributed by atoms with Crippen molar-refractivity contribution in [2.45, 2.75) is 123 Å². The molecule has 0 aliphatic rings. The van der Waals surface area contributed by atoms with Crippen LogP contribution < -0.4 is 0 Å². The van der Waals surface area contributed by atoms with Crippen molar-refractivity contribution < 1.29 is 19.1 Å². The maximum atomic E-state index is 11.6. The summed E-state index contributed by atoms with van der Waals surface area (Å²) in [5.74, 6) is -0.960. The summed E-state index contributed by atoms with van der Waals surface area (Å²) in [7, 11) is 0. The minimum atomic E-state index is -0.487. The molecule has 0 rings (SSSR count). The summed E-state index contributed by atoms with van der Waals surface area (Å²) in [5, 5.41) is 0. The van der Waals surface area contributed by atoms with Gasteiger partial charge in [-0.25, -0.2) is 9.59 Å². The van der Waals surface area contributed by atoms with E-state index in [1.807, 2.05) is 13.8 Å². The van der Waals surface area contributed by atoms with Crippen LogP contribution in [-0.2, 0) is 19.1 Å². The Balaban J connectivity index is 3.40. The summed E-state index contributed by atoms with van der Waals surface area (Å²) in [6.45, 7) is 6.56. The molecule has 0 fully saturated rings. The van der Waals surface area contributed by atoms with E-state index in [0.717, 1.165) is 37.8 Å². The van der Waals surface area contributed by atoms with E-state index in [2.05, 4.69) is 6.92 Å². The molecule has 0 N–H and O–H groups in total. The lowest BCUT2D eigenvalue weighted by Gasteiger charge is -2.09. The fourth-order valence-electron chi connectivity index (χ4n) is 3.18. The molecule has 164 valence electrons. The summed E-state index contributed by atoms with van der Waals surface area (Å²) in [5.41, 5.74) is 0. The van der Waals surface area contributed by atoms with Crippen molar-refractivity contribution >= 4 is 11.9 Å². The first-order valence-corrected chi connectivity index (χ1v) is 11.7. The number of hydrogen-bond acceptors (Lipinski definition) is 4. The van der Waals surface area contributed by atoms with Gasteiger partial charge in [0, 0.05) is 12.2 Å². The van der Waals surface area contributed by atoms with E-state index in [4.69, 9.17) is 9.47 Å². The molecule has 0 bridgehead atoms. The Labute approximate surface area is 173 Å². The van der Waals surface area contributed by atoms with Crippen LogP contribution in [0.1, 0.15) is 117 Å². The van der Waals surface area contributed by atoms with Gasteiger partial charge in [0.1, 0.15) is 0 Å². The van der Waals surface area contributed by atoms with Gasteiger partial charge in [0.25, 0.3) is 0 Å². The first-order chi connectivity index (χ1) is 13.6. The van der Waals surface area contributed by atoms with Crippen LogP contribution in [0, 0.1) is 0 Å². The number of carbonyl (C=O) groups excluding carboxylic acids is 2. The molecule has 0 heterocycles. The fraction of sp³-hybridized carbons (Fsp3) is 0.833. The molecule has 0 spiro atoms. The molecule has 0 aromatic heterocycles. The largest absolute Gasteiger partial charge is 0.463 e. The van der Waals surface area contributed by atoms with E-state index >= 15 is 0 Å². The van der Waals surface area contributed by atoms with Crippen LogP contribution in [0.3, 0.4) is 0 Å². The zero-order valence-corrected chi connectivity index (χ0v) is 18.7. The second kappa shape index (κ2) is 20.4. The molecule has 28 heavy (non-hydrogen) atoms. The summed E-state index contributed by atoms with van der Waals surface area (Å²) < 4.78 is 10.2. The molecule has 0 aliphatic heterocycles. The second-order valence-electron chi connectivity index (χ2n) is 7.78. The molecular formula is C24H44O4. The van der Waals surface area contributed by atoms with E-state index in [1.165, 1.54) is 70.6 Å². The van der Waals surface area contributed by atoms with Gasteiger partial charge in [-0.2, -0.15) is 0 Å². The van der Waals surface area contributed by atoms with Crippen molar-refractivity contribution in [1.29, 1.82) is 0 Å². The van der Waals surface area contributed by atoms with Crippen molar-refractivity contribution in [2.75, 3.05) is 6.61 Å². The number of unbranched alkanes of at least 4 members (excludes halogenated alkanes) is 12. The van der Waals surface area contributed by atoms with Crippen molar-refractivity contribution in [3.63, 3.8) is 0 Å². The van der Waals surface area contributed by atoms with Gasteiger partial charge in [0.05, 0.1) is 12.7 Å². The third kappa shape index (κ3) is 19.4. The Bertz CT molecular complexity index is 403. The van der Waals surface area contributed by atoms with Gasteiger partial charge in [0.15, 0.2) is 0 Å². The number of rotatable bonds is 19. The molecule has 0 aromatic rings. The average molecular weight is 397 g/mol. The molecule has 0 aromatic carbocycles. The maximum absolute atomic E-state index is 11.6. The zero-order chi connectivity index (χ0) is 20.9. The van der Waals surface area contributed by atoms with Crippen LogP contribution in [0.25, 0.3) is 0 Å². The van der Waals surface area contributed by atoms with E-state index in [9.17, 15) is 9.59 Å². The lowest BCUT2D eigenvalue weighted by molar-refractivity contribution is -0.143. The van der Waals surface area contributed by atoms with Gasteiger partial charge < -0.3 is 9.47 Å². The smallest absolute Gasteiger partial charge is 0.331 e. The van der Waals surface area contributed by atoms with Crippen LogP contribution >= 0.6 is 0 Å². The summed E-state index contributed by atoms with van der Waals surface area (Å²) in [6.07, 6.45) is 20.7. The topological polar surface area (TPSA) is 52.6 Å². The van der Waals surface area contributed by atoms with E-state index < -0.39 is 11.9 Å². The van der Waals surface area contributed by atoms with Crippen LogP contribution in [0.4, 0.5) is 0 Å². The Morgan fingerprint density at radius 1 is 0.679 bits per heavy atom. The highest BCUT2D eigenvalue weighted by atomic mass is 16.5. The summed E-state index contributed by atoms with van der Waals surface area (Å²) in [4.78, 5) is 23.1. The van der Waals surface area contributed by atoms with Crippen molar-refractivity contribution in [3.8, 4) is 0 Å². The Kier molecular flexibility index (Phi) is 19.5. The highest BCUT2D eigenvalue weighted by Gasteiger charge is 2.06. The fourth-order valence-corrected chi connectivity index (χ4v) is 3.18. The van der Waals surface area contributed by atoms with Crippen molar-refractivity contribution in [2.24, 2.45) is 0 Å². The highest BCUT2D eigenvalue weighted by molar-refractivity contribution is 5.91. The van der Waals surface area contributed by atoms with Crippen LogP contribution in [-0.4, -0.2) is 24.6 Å². The average Bonchev–Trinajstić information content (AvgIpc) is 2.66. The highest BCUT2D eigenvalue weighted by Crippen LogP contribution is 2.12. The minimum absolute atomic E-state index is 0.121. The van der Waals surface area contributed by atoms with Crippen LogP contribution in [0.2, 0.25) is 0 Å². The first kappa shape index (κ1) is 26.7. The molecule has 4 heteroatoms. The molecule has 0 aliphatic carbocycles.